The van der Waals surface area contributed by atoms with Crippen LogP contribution in [0.4, 0.5) is 0 Å². The Balaban J connectivity index is 1.69. The van der Waals surface area contributed by atoms with Gasteiger partial charge in [0.15, 0.2) is 0 Å². The highest BCUT2D eigenvalue weighted by Crippen LogP contribution is 2.34. The van der Waals surface area contributed by atoms with Crippen LogP contribution in [-0.4, -0.2) is 36.3 Å². The zero-order valence-corrected chi connectivity index (χ0v) is 14.1. The minimum absolute atomic E-state index is 0.249. The van der Waals surface area contributed by atoms with Crippen LogP contribution in [0.5, 0.6) is 5.75 Å². The molecule has 0 spiro atoms. The van der Waals surface area contributed by atoms with Crippen molar-refractivity contribution >= 4 is 10.8 Å². The lowest BCUT2D eigenvalue weighted by Gasteiger charge is -2.47. The average molecular weight is 325 g/mol. The van der Waals surface area contributed by atoms with E-state index >= 15 is 0 Å². The molecule has 5 atom stereocenters. The van der Waals surface area contributed by atoms with E-state index in [9.17, 15) is 5.11 Å². The van der Waals surface area contributed by atoms with Gasteiger partial charge in [-0.25, -0.2) is 0 Å². The minimum atomic E-state index is -0.489. The topological polar surface area (TPSA) is 46.8 Å². The summed E-state index contributed by atoms with van der Waals surface area (Å²) in [4.78, 5) is 5.86. The maximum atomic E-state index is 11.2. The van der Waals surface area contributed by atoms with E-state index in [1.54, 1.807) is 7.11 Å². The van der Waals surface area contributed by atoms with E-state index < -0.39 is 6.10 Å². The SMILES string of the molecule is C=C[C@H]1C[NH+]2CC[C@H]1CC2[C@H](O)c1cncc2ccc(OC)cc12. The second kappa shape index (κ2) is 6.19. The number of nitrogens with zero attached hydrogens (tertiary/aromatic N) is 1. The van der Waals surface area contributed by atoms with Crippen molar-refractivity contribution in [2.45, 2.75) is 25.0 Å². The van der Waals surface area contributed by atoms with E-state index in [4.69, 9.17) is 4.74 Å². The predicted molar refractivity (Wildman–Crippen MR) is 94.2 cm³/mol. The molecule has 5 rings (SSSR count). The molecule has 4 heterocycles. The quantitative estimate of drug-likeness (QED) is 0.842. The molecule has 2 bridgehead atoms. The van der Waals surface area contributed by atoms with Gasteiger partial charge in [0.2, 0.25) is 0 Å². The number of piperidine rings is 3. The molecule has 4 nitrogen and oxygen atoms in total. The second-order valence-electron chi connectivity index (χ2n) is 7.16. The Kier molecular flexibility index (Phi) is 4.02. The molecular weight excluding hydrogens is 300 g/mol. The summed E-state index contributed by atoms with van der Waals surface area (Å²) in [5, 5.41) is 13.2. The van der Waals surface area contributed by atoms with Gasteiger partial charge in [0.25, 0.3) is 0 Å². The summed E-state index contributed by atoms with van der Waals surface area (Å²) in [6, 6.07) is 6.20. The number of nitrogens with one attached hydrogen (secondary N) is 1. The summed E-state index contributed by atoms with van der Waals surface area (Å²) in [7, 11) is 1.67. The number of hydrogen-bond donors (Lipinski definition) is 2. The molecule has 3 saturated heterocycles. The maximum absolute atomic E-state index is 11.2. The number of hydrogen-bond acceptors (Lipinski definition) is 3. The predicted octanol–water partition coefficient (Wildman–Crippen LogP) is 1.76. The first-order valence-corrected chi connectivity index (χ1v) is 8.78. The van der Waals surface area contributed by atoms with Gasteiger partial charge in [-0.2, -0.15) is 0 Å². The normalized spacial score (nSPS) is 30.2. The summed E-state index contributed by atoms with van der Waals surface area (Å²) in [5.41, 5.74) is 0.923. The van der Waals surface area contributed by atoms with Crippen LogP contribution >= 0.6 is 0 Å². The lowest BCUT2D eigenvalue weighted by atomic mass is 9.73. The van der Waals surface area contributed by atoms with Gasteiger partial charge in [-0.3, -0.25) is 4.98 Å². The number of aromatic nitrogens is 1. The molecule has 0 aliphatic carbocycles. The minimum Gasteiger partial charge on any atom is -0.497 e. The molecule has 24 heavy (non-hydrogen) atoms. The number of benzene rings is 1. The Hall–Kier alpha value is -1.91. The van der Waals surface area contributed by atoms with E-state index in [1.165, 1.54) is 11.3 Å². The van der Waals surface area contributed by atoms with Crippen molar-refractivity contribution in [3.05, 3.63) is 48.8 Å². The van der Waals surface area contributed by atoms with Gasteiger partial charge in [-0.15, -0.1) is 6.58 Å². The number of pyridine rings is 1. The molecule has 3 aliphatic rings. The van der Waals surface area contributed by atoms with Gasteiger partial charge in [0.1, 0.15) is 17.9 Å². The lowest BCUT2D eigenvalue weighted by molar-refractivity contribution is -0.949. The Bertz CT molecular complexity index is 760. The number of aliphatic hydroxyl groups is 1. The summed E-state index contributed by atoms with van der Waals surface area (Å²) < 4.78 is 5.36. The van der Waals surface area contributed by atoms with Gasteiger partial charge in [-0.1, -0.05) is 6.08 Å². The fraction of sp³-hybridized carbons (Fsp3) is 0.450. The Morgan fingerprint density at radius 1 is 1.42 bits per heavy atom. The van der Waals surface area contributed by atoms with Crippen molar-refractivity contribution in [3.8, 4) is 5.75 Å². The summed E-state index contributed by atoms with van der Waals surface area (Å²) in [5.74, 6) is 2.08. The van der Waals surface area contributed by atoms with Crippen LogP contribution in [0.3, 0.4) is 0 Å². The third-order valence-corrected chi connectivity index (χ3v) is 6.02. The smallest absolute Gasteiger partial charge is 0.133 e. The fourth-order valence-electron chi connectivity index (χ4n) is 4.65. The van der Waals surface area contributed by atoms with Crippen molar-refractivity contribution in [2.24, 2.45) is 11.8 Å². The summed E-state index contributed by atoms with van der Waals surface area (Å²) in [6.07, 6.45) is 7.59. The van der Waals surface area contributed by atoms with E-state index in [0.717, 1.165) is 41.6 Å². The number of aliphatic hydroxyl groups excluding tert-OH is 1. The fourth-order valence-corrected chi connectivity index (χ4v) is 4.65. The summed E-state index contributed by atoms with van der Waals surface area (Å²) >= 11 is 0. The van der Waals surface area contributed by atoms with Crippen molar-refractivity contribution in [2.75, 3.05) is 20.2 Å². The molecule has 3 fully saturated rings. The number of quaternary nitrogens is 1. The first-order valence-electron chi connectivity index (χ1n) is 8.78. The molecule has 2 aromatic rings. The third-order valence-electron chi connectivity index (χ3n) is 6.02. The van der Waals surface area contributed by atoms with Gasteiger partial charge in [0.05, 0.1) is 20.2 Å². The van der Waals surface area contributed by atoms with Gasteiger partial charge in [0, 0.05) is 42.1 Å². The molecule has 1 aromatic heterocycles. The zero-order chi connectivity index (χ0) is 16.7. The van der Waals surface area contributed by atoms with E-state index in [0.29, 0.717) is 11.8 Å². The molecule has 1 aromatic carbocycles. The Morgan fingerprint density at radius 3 is 3.00 bits per heavy atom. The van der Waals surface area contributed by atoms with Crippen LogP contribution in [0, 0.1) is 11.8 Å². The van der Waals surface area contributed by atoms with E-state index in [-0.39, 0.29) is 6.04 Å². The average Bonchev–Trinajstić information content (AvgIpc) is 2.66. The molecular formula is C20H25N2O2+. The van der Waals surface area contributed by atoms with Crippen LogP contribution in [0.25, 0.3) is 10.8 Å². The van der Waals surface area contributed by atoms with Gasteiger partial charge in [-0.05, 0) is 29.5 Å². The van der Waals surface area contributed by atoms with E-state index in [2.05, 4.69) is 17.6 Å². The van der Waals surface area contributed by atoms with Crippen LogP contribution < -0.4 is 9.64 Å². The number of ether oxygens (including phenoxy) is 1. The number of rotatable bonds is 4. The van der Waals surface area contributed by atoms with Crippen LogP contribution in [-0.2, 0) is 0 Å². The maximum Gasteiger partial charge on any atom is 0.133 e. The number of methoxy groups -OCH3 is 1. The molecule has 2 unspecified atom stereocenters. The largest absolute Gasteiger partial charge is 0.497 e. The van der Waals surface area contributed by atoms with Crippen molar-refractivity contribution in [3.63, 3.8) is 0 Å². The molecule has 2 N–H and O–H groups in total. The molecule has 0 saturated carbocycles. The molecule has 3 aliphatic heterocycles. The molecule has 0 amide bonds. The molecule has 4 heteroatoms. The second-order valence-corrected chi connectivity index (χ2v) is 7.16. The van der Waals surface area contributed by atoms with E-state index in [1.807, 2.05) is 30.6 Å². The van der Waals surface area contributed by atoms with Gasteiger partial charge < -0.3 is 14.7 Å². The van der Waals surface area contributed by atoms with Crippen molar-refractivity contribution in [1.29, 1.82) is 0 Å². The first kappa shape index (κ1) is 15.6. The van der Waals surface area contributed by atoms with Crippen LogP contribution in [0.2, 0.25) is 0 Å². The zero-order valence-electron chi connectivity index (χ0n) is 14.1. The summed E-state index contributed by atoms with van der Waals surface area (Å²) in [6.45, 7) is 6.24. The third kappa shape index (κ3) is 2.50. The highest BCUT2D eigenvalue weighted by molar-refractivity contribution is 5.86. The highest BCUT2D eigenvalue weighted by atomic mass is 16.5. The monoisotopic (exact) mass is 325 g/mol. The first-order chi connectivity index (χ1) is 11.7. The Labute approximate surface area is 142 Å². The van der Waals surface area contributed by atoms with Crippen molar-refractivity contribution < 1.29 is 14.7 Å². The molecule has 0 radical (unpaired) electrons. The molecule has 126 valence electrons. The van der Waals surface area contributed by atoms with Crippen LogP contribution in [0.1, 0.15) is 24.5 Å². The number of fused-ring (bicyclic) bond motifs is 4. The highest BCUT2D eigenvalue weighted by Gasteiger charge is 2.45. The standard InChI is InChI=1S/C20H24N2O2/c1-3-13-12-22-7-6-14(13)8-19(22)20(23)18-11-21-10-15-4-5-16(24-2)9-17(15)18/h3-5,9-11,13-14,19-20,23H,1,6-8,12H2,2H3/p+1/t13-,14-,19?,20+/m0/s1. The Morgan fingerprint density at radius 2 is 2.29 bits per heavy atom. The van der Waals surface area contributed by atoms with Gasteiger partial charge >= 0.3 is 0 Å². The van der Waals surface area contributed by atoms with Crippen molar-refractivity contribution in [1.82, 2.24) is 4.98 Å². The van der Waals surface area contributed by atoms with Crippen LogP contribution in [0.15, 0.2) is 43.2 Å². The lowest BCUT2D eigenvalue weighted by Crippen LogP contribution is -3.20.